The summed E-state index contributed by atoms with van der Waals surface area (Å²) in [6, 6.07) is 20.1. The molecule has 0 saturated heterocycles. The van der Waals surface area contributed by atoms with Crippen molar-refractivity contribution in [3.05, 3.63) is 78.0 Å². The molecule has 0 aliphatic rings. The Morgan fingerprint density at radius 1 is 0.909 bits per heavy atom. The van der Waals surface area contributed by atoms with Crippen LogP contribution in [0, 0.1) is 0 Å². The Hall–Kier alpha value is -2.69. The summed E-state index contributed by atoms with van der Waals surface area (Å²) in [5, 5.41) is 0.996. The second-order valence-corrected chi connectivity index (χ2v) is 4.68. The summed E-state index contributed by atoms with van der Waals surface area (Å²) in [5.74, 6) is 0.0957. The molecule has 0 aliphatic heterocycles. The van der Waals surface area contributed by atoms with E-state index < -0.39 is 7.47 Å². The van der Waals surface area contributed by atoms with Gasteiger partial charge >= 0.3 is 7.47 Å². The van der Waals surface area contributed by atoms with Crippen LogP contribution in [0.1, 0.15) is 11.3 Å². The molecule has 3 rings (SSSR count). The Kier molecular flexibility index (Phi) is 4.14. The minimum Gasteiger partial charge on any atom is -0.505 e. The number of halogens is 2. The van der Waals surface area contributed by atoms with Gasteiger partial charge in [-0.05, 0) is 12.1 Å². The maximum absolute atomic E-state index is 12.6. The van der Waals surface area contributed by atoms with E-state index in [9.17, 15) is 8.63 Å². The van der Waals surface area contributed by atoms with Crippen molar-refractivity contribution in [1.82, 2.24) is 4.98 Å². The summed E-state index contributed by atoms with van der Waals surface area (Å²) < 4.78 is 29.9. The first kappa shape index (κ1) is 14.3. The van der Waals surface area contributed by atoms with Gasteiger partial charge in [0.15, 0.2) is 0 Å². The SMILES string of the molecule is FB(F)O/C(=C\c1ccc2ccccc2n1)c1ccccc1. The van der Waals surface area contributed by atoms with Crippen LogP contribution in [0.25, 0.3) is 22.7 Å². The van der Waals surface area contributed by atoms with Crippen LogP contribution >= 0.6 is 0 Å². The van der Waals surface area contributed by atoms with E-state index in [4.69, 9.17) is 0 Å². The van der Waals surface area contributed by atoms with Crippen LogP contribution in [0.15, 0.2) is 66.7 Å². The van der Waals surface area contributed by atoms with E-state index >= 15 is 0 Å². The fourth-order valence-electron chi connectivity index (χ4n) is 2.18. The monoisotopic (exact) mass is 295 g/mol. The predicted octanol–water partition coefficient (Wildman–Crippen LogP) is 4.67. The summed E-state index contributed by atoms with van der Waals surface area (Å²) >= 11 is 0. The molecule has 3 aromatic rings. The zero-order chi connectivity index (χ0) is 15.4. The number of para-hydroxylation sites is 1. The average Bonchev–Trinajstić information content (AvgIpc) is 2.54. The fourth-order valence-corrected chi connectivity index (χ4v) is 2.18. The molecule has 0 aliphatic carbocycles. The van der Waals surface area contributed by atoms with Gasteiger partial charge in [0.2, 0.25) is 0 Å². The third kappa shape index (κ3) is 3.31. The van der Waals surface area contributed by atoms with Gasteiger partial charge in [0.05, 0.1) is 11.2 Å². The Labute approximate surface area is 127 Å². The van der Waals surface area contributed by atoms with Crippen LogP contribution in [-0.4, -0.2) is 12.5 Å². The fraction of sp³-hybridized carbons (Fsp3) is 0. The van der Waals surface area contributed by atoms with Crippen LogP contribution in [-0.2, 0) is 4.65 Å². The van der Waals surface area contributed by atoms with Gasteiger partial charge in [-0.2, -0.15) is 0 Å². The van der Waals surface area contributed by atoms with Gasteiger partial charge in [0, 0.05) is 17.0 Å². The lowest BCUT2D eigenvalue weighted by Crippen LogP contribution is -2.04. The normalized spacial score (nSPS) is 11.5. The van der Waals surface area contributed by atoms with Crippen molar-refractivity contribution < 1.29 is 13.3 Å². The number of rotatable bonds is 4. The molecule has 5 heteroatoms. The number of benzene rings is 2. The molecule has 22 heavy (non-hydrogen) atoms. The zero-order valence-corrected chi connectivity index (χ0v) is 11.6. The van der Waals surface area contributed by atoms with E-state index in [1.54, 1.807) is 30.3 Å². The van der Waals surface area contributed by atoms with Crippen molar-refractivity contribution in [2.45, 2.75) is 0 Å². The number of fused-ring (bicyclic) bond motifs is 1. The van der Waals surface area contributed by atoms with Crippen molar-refractivity contribution in [1.29, 1.82) is 0 Å². The largest absolute Gasteiger partial charge is 0.796 e. The van der Waals surface area contributed by atoms with Crippen LogP contribution in [0.4, 0.5) is 8.63 Å². The molecule has 0 saturated carbocycles. The standard InChI is InChI=1S/C17H12BF2NO/c19-18(20)22-17(14-7-2-1-3-8-14)12-15-11-10-13-6-4-5-9-16(13)21-15/h1-12H/b17-12-. The van der Waals surface area contributed by atoms with Crippen molar-refractivity contribution in [3.8, 4) is 0 Å². The molecule has 2 aromatic carbocycles. The average molecular weight is 295 g/mol. The lowest BCUT2D eigenvalue weighted by atomic mass is 10.1. The van der Waals surface area contributed by atoms with Gasteiger partial charge in [0.25, 0.3) is 0 Å². The highest BCUT2D eigenvalue weighted by molar-refractivity contribution is 6.36. The molecule has 0 bridgehead atoms. The van der Waals surface area contributed by atoms with Gasteiger partial charge in [-0.1, -0.05) is 54.6 Å². The summed E-state index contributed by atoms with van der Waals surface area (Å²) in [6.07, 6.45) is 1.52. The first-order valence-corrected chi connectivity index (χ1v) is 6.80. The highest BCUT2D eigenvalue weighted by atomic mass is 19.2. The molecule has 0 radical (unpaired) electrons. The Bertz CT molecular complexity index is 806. The molecule has 0 unspecified atom stereocenters. The maximum Gasteiger partial charge on any atom is 0.796 e. The molecule has 0 amide bonds. The highest BCUT2D eigenvalue weighted by Gasteiger charge is 2.20. The molecule has 108 valence electrons. The van der Waals surface area contributed by atoms with E-state index in [1.807, 2.05) is 36.4 Å². The quantitative estimate of drug-likeness (QED) is 0.515. The van der Waals surface area contributed by atoms with Gasteiger partial charge in [-0.25, -0.2) is 13.6 Å². The molecule has 0 spiro atoms. The summed E-state index contributed by atoms with van der Waals surface area (Å²) in [4.78, 5) is 4.45. The van der Waals surface area contributed by atoms with Gasteiger partial charge < -0.3 is 4.65 Å². The Morgan fingerprint density at radius 3 is 2.41 bits per heavy atom. The number of hydrogen-bond acceptors (Lipinski definition) is 2. The molecular formula is C17H12BF2NO. The minimum absolute atomic E-state index is 0.0957. The second-order valence-electron chi connectivity index (χ2n) is 4.68. The summed E-state index contributed by atoms with van der Waals surface area (Å²) in [6.45, 7) is 0. The number of hydrogen-bond donors (Lipinski definition) is 0. The Balaban J connectivity index is 2.03. The van der Waals surface area contributed by atoms with E-state index in [0.29, 0.717) is 11.3 Å². The maximum atomic E-state index is 12.6. The lowest BCUT2D eigenvalue weighted by Gasteiger charge is -2.09. The summed E-state index contributed by atoms with van der Waals surface area (Å²) in [5.41, 5.74) is 1.96. The minimum atomic E-state index is -2.88. The smallest absolute Gasteiger partial charge is 0.505 e. The highest BCUT2D eigenvalue weighted by Crippen LogP contribution is 2.21. The third-order valence-electron chi connectivity index (χ3n) is 3.17. The van der Waals surface area contributed by atoms with Crippen LogP contribution < -0.4 is 0 Å². The first-order chi connectivity index (χ1) is 10.7. The van der Waals surface area contributed by atoms with Gasteiger partial charge in [0.1, 0.15) is 5.76 Å². The van der Waals surface area contributed by atoms with E-state index in [2.05, 4.69) is 9.64 Å². The predicted molar refractivity (Wildman–Crippen MR) is 85.1 cm³/mol. The van der Waals surface area contributed by atoms with Crippen molar-refractivity contribution >= 4 is 30.2 Å². The topological polar surface area (TPSA) is 22.1 Å². The molecule has 2 nitrogen and oxygen atoms in total. The van der Waals surface area contributed by atoms with E-state index in [1.165, 1.54) is 6.08 Å². The molecule has 0 fully saturated rings. The lowest BCUT2D eigenvalue weighted by molar-refractivity contribution is 0.398. The second kappa shape index (κ2) is 6.39. The third-order valence-corrected chi connectivity index (χ3v) is 3.17. The summed E-state index contributed by atoms with van der Waals surface area (Å²) in [7, 11) is -2.88. The van der Waals surface area contributed by atoms with E-state index in [0.717, 1.165) is 10.9 Å². The van der Waals surface area contributed by atoms with Crippen LogP contribution in [0.5, 0.6) is 0 Å². The number of nitrogens with zero attached hydrogens (tertiary/aromatic N) is 1. The van der Waals surface area contributed by atoms with Crippen molar-refractivity contribution in [3.63, 3.8) is 0 Å². The number of aromatic nitrogens is 1. The van der Waals surface area contributed by atoms with Crippen molar-refractivity contribution in [2.24, 2.45) is 0 Å². The van der Waals surface area contributed by atoms with Gasteiger partial charge in [-0.3, -0.25) is 0 Å². The van der Waals surface area contributed by atoms with E-state index in [-0.39, 0.29) is 5.76 Å². The van der Waals surface area contributed by atoms with Crippen molar-refractivity contribution in [2.75, 3.05) is 0 Å². The molecule has 1 aromatic heterocycles. The van der Waals surface area contributed by atoms with Gasteiger partial charge in [-0.15, -0.1) is 0 Å². The zero-order valence-electron chi connectivity index (χ0n) is 11.6. The molecular weight excluding hydrogens is 283 g/mol. The first-order valence-electron chi connectivity index (χ1n) is 6.80. The molecule has 0 N–H and O–H groups in total. The van der Waals surface area contributed by atoms with Crippen LogP contribution in [0.2, 0.25) is 0 Å². The number of pyridine rings is 1. The molecule has 1 heterocycles. The molecule has 0 atom stereocenters. The van der Waals surface area contributed by atoms with Crippen LogP contribution in [0.3, 0.4) is 0 Å². The Morgan fingerprint density at radius 2 is 1.64 bits per heavy atom.